The van der Waals surface area contributed by atoms with E-state index in [9.17, 15) is 5.26 Å². The van der Waals surface area contributed by atoms with Crippen LogP contribution in [0, 0.1) is 11.3 Å². The van der Waals surface area contributed by atoms with Crippen LogP contribution in [-0.2, 0) is 24.2 Å². The Morgan fingerprint density at radius 1 is 1.05 bits per heavy atom. The van der Waals surface area contributed by atoms with Crippen LogP contribution in [0.1, 0.15) is 42.0 Å². The molecule has 2 aliphatic rings. The first-order valence-electron chi connectivity index (χ1n) is 13.1. The van der Waals surface area contributed by atoms with Gasteiger partial charge in [-0.3, -0.25) is 4.90 Å². The van der Waals surface area contributed by atoms with Crippen molar-refractivity contribution in [3.05, 3.63) is 82.5 Å². The summed E-state index contributed by atoms with van der Waals surface area (Å²) in [5.41, 5.74) is 3.67. The number of fused-ring (bicyclic) bond motifs is 1. The minimum atomic E-state index is 0.116. The molecule has 2 aliphatic heterocycles. The van der Waals surface area contributed by atoms with Crippen molar-refractivity contribution >= 4 is 22.6 Å². The van der Waals surface area contributed by atoms with E-state index < -0.39 is 0 Å². The van der Waals surface area contributed by atoms with Crippen LogP contribution in [0.25, 0.3) is 11.0 Å². The average molecular weight is 529 g/mol. The van der Waals surface area contributed by atoms with Gasteiger partial charge in [0.15, 0.2) is 0 Å². The number of benzene rings is 2. The van der Waals surface area contributed by atoms with Gasteiger partial charge >= 0.3 is 0 Å². The lowest BCUT2D eigenvalue weighted by atomic mass is 10.1. The highest BCUT2D eigenvalue weighted by Gasteiger charge is 2.25. The van der Waals surface area contributed by atoms with Crippen molar-refractivity contribution in [1.29, 1.82) is 5.26 Å². The molecule has 0 amide bonds. The molecule has 2 fully saturated rings. The molecule has 4 heterocycles. The van der Waals surface area contributed by atoms with Gasteiger partial charge < -0.3 is 14.0 Å². The third-order valence-corrected chi connectivity index (χ3v) is 7.53. The number of likely N-dealkylation sites (tertiary alicyclic amines) is 1. The van der Waals surface area contributed by atoms with Crippen molar-refractivity contribution < 1.29 is 9.47 Å². The molecule has 2 saturated heterocycles. The Hall–Kier alpha value is -3.51. The van der Waals surface area contributed by atoms with Crippen LogP contribution < -0.4 is 4.74 Å². The Labute approximate surface area is 226 Å². The molecule has 0 aliphatic carbocycles. The van der Waals surface area contributed by atoms with E-state index in [-0.39, 0.29) is 12.2 Å². The van der Waals surface area contributed by atoms with Crippen LogP contribution in [0.15, 0.2) is 54.7 Å². The fourth-order valence-electron chi connectivity index (χ4n) is 5.08. The van der Waals surface area contributed by atoms with Crippen LogP contribution in [-0.4, -0.2) is 56.3 Å². The Bertz CT molecular complexity index is 1450. The first-order chi connectivity index (χ1) is 18.6. The van der Waals surface area contributed by atoms with Gasteiger partial charge in [-0.15, -0.1) is 0 Å². The maximum atomic E-state index is 9.31. The van der Waals surface area contributed by atoms with Gasteiger partial charge in [-0.1, -0.05) is 23.7 Å². The molecule has 0 unspecified atom stereocenters. The Morgan fingerprint density at radius 3 is 2.61 bits per heavy atom. The van der Waals surface area contributed by atoms with Crippen molar-refractivity contribution in [2.45, 2.75) is 51.0 Å². The summed E-state index contributed by atoms with van der Waals surface area (Å²) >= 11 is 5.99. The lowest BCUT2D eigenvalue weighted by Gasteiger charge is -2.32. The summed E-state index contributed by atoms with van der Waals surface area (Å²) in [6, 6.07) is 17.5. The standard InChI is InChI=1S/C29H29ClN6O2/c30-22-4-1-20(2-5-22)16-27-32-11-7-29(34-27)38-23-8-12-35(13-9-23)19-28-33-25-15-21(17-31)3-6-26(25)36(28)18-24-10-14-37-24/h1-7,11,15,23-24H,8-10,12-14,16,18-19H2/t24-/m0/s1. The van der Waals surface area contributed by atoms with E-state index >= 15 is 0 Å². The minimum absolute atomic E-state index is 0.116. The van der Waals surface area contributed by atoms with E-state index in [1.807, 2.05) is 48.5 Å². The zero-order valence-electron chi connectivity index (χ0n) is 21.1. The molecule has 8 nitrogen and oxygen atoms in total. The second kappa shape index (κ2) is 11.1. The molecular weight excluding hydrogens is 500 g/mol. The molecule has 1 atom stereocenters. The van der Waals surface area contributed by atoms with Gasteiger partial charge in [0.25, 0.3) is 0 Å². The van der Waals surface area contributed by atoms with Crippen LogP contribution in [0.4, 0.5) is 0 Å². The van der Waals surface area contributed by atoms with Gasteiger partial charge in [0.05, 0.1) is 41.9 Å². The number of nitriles is 1. The molecule has 4 aromatic rings. The topological polar surface area (TPSA) is 89.1 Å². The summed E-state index contributed by atoms with van der Waals surface area (Å²) in [4.78, 5) is 16.4. The molecule has 9 heteroatoms. The fraction of sp³-hybridized carbons (Fsp3) is 0.379. The van der Waals surface area contributed by atoms with E-state index in [0.29, 0.717) is 17.9 Å². The third-order valence-electron chi connectivity index (χ3n) is 7.28. The van der Waals surface area contributed by atoms with Gasteiger partial charge in [0.1, 0.15) is 17.8 Å². The SMILES string of the molecule is N#Cc1ccc2c(c1)nc(CN1CCC(Oc3ccnc(Cc4ccc(Cl)cc4)n3)CC1)n2C[C@@H]1CCO1. The summed E-state index contributed by atoms with van der Waals surface area (Å²) < 4.78 is 14.2. The molecule has 0 spiro atoms. The number of ether oxygens (including phenoxy) is 2. The van der Waals surface area contributed by atoms with Crippen molar-refractivity contribution in [2.75, 3.05) is 19.7 Å². The summed E-state index contributed by atoms with van der Waals surface area (Å²) in [5.74, 6) is 2.38. The summed E-state index contributed by atoms with van der Waals surface area (Å²) in [6.07, 6.45) is 5.65. The number of aromatic nitrogens is 4. The van der Waals surface area contributed by atoms with Crippen molar-refractivity contribution in [3.63, 3.8) is 0 Å². The van der Waals surface area contributed by atoms with Crippen LogP contribution in [0.3, 0.4) is 0 Å². The largest absolute Gasteiger partial charge is 0.474 e. The number of piperidine rings is 1. The molecule has 194 valence electrons. The van der Waals surface area contributed by atoms with E-state index in [0.717, 1.165) is 85.3 Å². The van der Waals surface area contributed by atoms with E-state index in [4.69, 9.17) is 26.1 Å². The van der Waals surface area contributed by atoms with Gasteiger partial charge in [-0.25, -0.2) is 9.97 Å². The highest BCUT2D eigenvalue weighted by molar-refractivity contribution is 6.30. The Kier molecular flexibility index (Phi) is 7.23. The van der Waals surface area contributed by atoms with Crippen LogP contribution in [0.2, 0.25) is 5.02 Å². The van der Waals surface area contributed by atoms with E-state index in [1.165, 1.54) is 0 Å². The van der Waals surface area contributed by atoms with Crippen LogP contribution in [0.5, 0.6) is 5.88 Å². The molecule has 2 aromatic heterocycles. The third kappa shape index (κ3) is 5.65. The summed E-state index contributed by atoms with van der Waals surface area (Å²) in [7, 11) is 0. The second-order valence-corrected chi connectivity index (χ2v) is 10.4. The van der Waals surface area contributed by atoms with E-state index in [2.05, 4.69) is 25.5 Å². The monoisotopic (exact) mass is 528 g/mol. The predicted molar refractivity (Wildman–Crippen MR) is 144 cm³/mol. The minimum Gasteiger partial charge on any atom is -0.474 e. The van der Waals surface area contributed by atoms with Crippen molar-refractivity contribution in [1.82, 2.24) is 24.4 Å². The molecule has 2 aromatic carbocycles. The zero-order chi connectivity index (χ0) is 25.9. The highest BCUT2D eigenvalue weighted by atomic mass is 35.5. The lowest BCUT2D eigenvalue weighted by molar-refractivity contribution is -0.0592. The predicted octanol–water partition coefficient (Wildman–Crippen LogP) is 4.77. The Balaban J connectivity index is 1.08. The fourth-order valence-corrected chi connectivity index (χ4v) is 5.20. The highest BCUT2D eigenvalue weighted by Crippen LogP contribution is 2.25. The summed E-state index contributed by atoms with van der Waals surface area (Å²) in [6.45, 7) is 4.21. The molecule has 6 rings (SSSR count). The molecule has 0 bridgehead atoms. The Morgan fingerprint density at radius 2 is 1.87 bits per heavy atom. The van der Waals surface area contributed by atoms with E-state index in [1.54, 1.807) is 6.20 Å². The maximum Gasteiger partial charge on any atom is 0.216 e. The van der Waals surface area contributed by atoms with Gasteiger partial charge in [-0.05, 0) is 55.2 Å². The number of imidazole rings is 1. The zero-order valence-corrected chi connectivity index (χ0v) is 21.8. The molecule has 0 radical (unpaired) electrons. The maximum absolute atomic E-state index is 9.31. The quantitative estimate of drug-likeness (QED) is 0.325. The number of halogens is 1. The number of hydrogen-bond acceptors (Lipinski definition) is 7. The molecule has 0 saturated carbocycles. The smallest absolute Gasteiger partial charge is 0.216 e. The molecule has 38 heavy (non-hydrogen) atoms. The first kappa shape index (κ1) is 24.8. The normalized spacial score (nSPS) is 18.3. The number of nitrogens with zero attached hydrogens (tertiary/aromatic N) is 6. The molecule has 0 N–H and O–H groups in total. The first-order valence-corrected chi connectivity index (χ1v) is 13.5. The summed E-state index contributed by atoms with van der Waals surface area (Å²) in [5, 5.41) is 10.0. The van der Waals surface area contributed by atoms with Gasteiger partial charge in [0.2, 0.25) is 5.88 Å². The van der Waals surface area contributed by atoms with Crippen molar-refractivity contribution in [3.8, 4) is 11.9 Å². The average Bonchev–Trinajstić information content (AvgIpc) is 3.24. The van der Waals surface area contributed by atoms with Crippen LogP contribution >= 0.6 is 11.6 Å². The lowest BCUT2D eigenvalue weighted by Crippen LogP contribution is -2.39. The second-order valence-electron chi connectivity index (χ2n) is 9.94. The van der Waals surface area contributed by atoms with Gasteiger partial charge in [-0.2, -0.15) is 10.2 Å². The molecular formula is C29H29ClN6O2. The number of rotatable bonds is 8. The van der Waals surface area contributed by atoms with Crippen molar-refractivity contribution in [2.24, 2.45) is 0 Å². The van der Waals surface area contributed by atoms with Gasteiger partial charge in [0, 0.05) is 43.4 Å². The number of hydrogen-bond donors (Lipinski definition) is 0.